The Hall–Kier alpha value is -1.22. The zero-order valence-corrected chi connectivity index (χ0v) is 10.7. The van der Waals surface area contributed by atoms with Crippen LogP contribution in [0, 0.1) is 0 Å². The third kappa shape index (κ3) is 2.72. The standard InChI is InChI=1S/C14H20O3/c1-4-7-16-10-5-6-11-12(15)9-14(2,3)17-13(11)8-10/h5-6,8,12,15H,4,7,9H2,1-3H3. The van der Waals surface area contributed by atoms with E-state index in [1.807, 2.05) is 32.0 Å². The molecule has 1 aromatic carbocycles. The quantitative estimate of drug-likeness (QED) is 0.876. The summed E-state index contributed by atoms with van der Waals surface area (Å²) in [6.07, 6.45) is 1.15. The normalized spacial score (nSPS) is 21.5. The summed E-state index contributed by atoms with van der Waals surface area (Å²) in [4.78, 5) is 0. The molecule has 0 aromatic heterocycles. The second kappa shape index (κ2) is 4.57. The lowest BCUT2D eigenvalue weighted by atomic mass is 9.92. The van der Waals surface area contributed by atoms with E-state index in [1.54, 1.807) is 0 Å². The van der Waals surface area contributed by atoms with Crippen molar-refractivity contribution in [2.45, 2.75) is 45.3 Å². The van der Waals surface area contributed by atoms with Crippen molar-refractivity contribution in [2.75, 3.05) is 6.61 Å². The maximum absolute atomic E-state index is 10.0. The topological polar surface area (TPSA) is 38.7 Å². The Kier molecular flexibility index (Phi) is 3.29. The van der Waals surface area contributed by atoms with Crippen molar-refractivity contribution in [3.05, 3.63) is 23.8 Å². The van der Waals surface area contributed by atoms with Crippen molar-refractivity contribution < 1.29 is 14.6 Å². The summed E-state index contributed by atoms with van der Waals surface area (Å²) in [6.45, 7) is 6.74. The van der Waals surface area contributed by atoms with Crippen LogP contribution in [0.15, 0.2) is 18.2 Å². The first-order chi connectivity index (χ1) is 8.02. The first kappa shape index (κ1) is 12.2. The van der Waals surface area contributed by atoms with Crippen LogP contribution < -0.4 is 9.47 Å². The fourth-order valence-corrected chi connectivity index (χ4v) is 2.10. The molecule has 1 N–H and O–H groups in total. The molecule has 0 radical (unpaired) electrons. The van der Waals surface area contributed by atoms with Gasteiger partial charge in [-0.2, -0.15) is 0 Å². The van der Waals surface area contributed by atoms with Crippen LogP contribution in [0.5, 0.6) is 11.5 Å². The van der Waals surface area contributed by atoms with Crippen molar-refractivity contribution >= 4 is 0 Å². The maximum atomic E-state index is 10.0. The zero-order valence-electron chi connectivity index (χ0n) is 10.7. The molecule has 1 aromatic rings. The monoisotopic (exact) mass is 236 g/mol. The molecule has 0 bridgehead atoms. The van der Waals surface area contributed by atoms with E-state index in [2.05, 4.69) is 6.92 Å². The van der Waals surface area contributed by atoms with Crippen LogP contribution in [0.25, 0.3) is 0 Å². The largest absolute Gasteiger partial charge is 0.493 e. The minimum Gasteiger partial charge on any atom is -0.493 e. The highest BCUT2D eigenvalue weighted by atomic mass is 16.5. The lowest BCUT2D eigenvalue weighted by molar-refractivity contribution is 0.0113. The van der Waals surface area contributed by atoms with E-state index in [0.717, 1.165) is 23.5 Å². The second-order valence-corrected chi connectivity index (χ2v) is 5.13. The van der Waals surface area contributed by atoms with Crippen molar-refractivity contribution in [3.8, 4) is 11.5 Å². The number of aliphatic hydroxyl groups is 1. The molecule has 0 saturated heterocycles. The van der Waals surface area contributed by atoms with Gasteiger partial charge in [-0.15, -0.1) is 0 Å². The molecule has 0 fully saturated rings. The summed E-state index contributed by atoms with van der Waals surface area (Å²) in [5.74, 6) is 1.54. The van der Waals surface area contributed by atoms with Gasteiger partial charge >= 0.3 is 0 Å². The van der Waals surface area contributed by atoms with Gasteiger partial charge in [0.25, 0.3) is 0 Å². The Bertz CT molecular complexity index is 398. The fourth-order valence-electron chi connectivity index (χ4n) is 2.10. The fraction of sp³-hybridized carbons (Fsp3) is 0.571. The smallest absolute Gasteiger partial charge is 0.129 e. The summed E-state index contributed by atoms with van der Waals surface area (Å²) >= 11 is 0. The van der Waals surface area contributed by atoms with E-state index >= 15 is 0 Å². The highest BCUT2D eigenvalue weighted by Crippen LogP contribution is 2.40. The molecule has 3 nitrogen and oxygen atoms in total. The maximum Gasteiger partial charge on any atom is 0.129 e. The molecule has 17 heavy (non-hydrogen) atoms. The van der Waals surface area contributed by atoms with Crippen LogP contribution in [-0.4, -0.2) is 17.3 Å². The van der Waals surface area contributed by atoms with Crippen LogP contribution in [0.1, 0.15) is 45.3 Å². The minimum atomic E-state index is -0.450. The molecule has 1 aliphatic rings. The average molecular weight is 236 g/mol. The van der Waals surface area contributed by atoms with Crippen LogP contribution >= 0.6 is 0 Å². The molecule has 0 spiro atoms. The molecule has 3 heteroatoms. The van der Waals surface area contributed by atoms with Crippen molar-refractivity contribution in [1.82, 2.24) is 0 Å². The number of hydrogen-bond donors (Lipinski definition) is 1. The summed E-state index contributed by atoms with van der Waals surface area (Å²) in [7, 11) is 0. The molecule has 2 rings (SSSR count). The molecular weight excluding hydrogens is 216 g/mol. The molecule has 0 amide bonds. The van der Waals surface area contributed by atoms with Crippen molar-refractivity contribution in [1.29, 1.82) is 0 Å². The van der Waals surface area contributed by atoms with Crippen LogP contribution in [-0.2, 0) is 0 Å². The third-order valence-electron chi connectivity index (χ3n) is 2.89. The van der Waals surface area contributed by atoms with E-state index in [0.29, 0.717) is 13.0 Å². The number of hydrogen-bond acceptors (Lipinski definition) is 3. The third-order valence-corrected chi connectivity index (χ3v) is 2.89. The zero-order chi connectivity index (χ0) is 12.5. The van der Waals surface area contributed by atoms with Crippen molar-refractivity contribution in [3.63, 3.8) is 0 Å². The van der Waals surface area contributed by atoms with Crippen LogP contribution in [0.4, 0.5) is 0 Å². The average Bonchev–Trinajstić information content (AvgIpc) is 2.24. The summed E-state index contributed by atoms with van der Waals surface area (Å²) in [5.41, 5.74) is 0.531. The molecule has 94 valence electrons. The number of fused-ring (bicyclic) bond motifs is 1. The van der Waals surface area contributed by atoms with E-state index in [1.165, 1.54) is 0 Å². The van der Waals surface area contributed by atoms with Gasteiger partial charge in [-0.3, -0.25) is 0 Å². The highest BCUT2D eigenvalue weighted by Gasteiger charge is 2.32. The molecule has 1 unspecified atom stereocenters. The van der Waals surface area contributed by atoms with Gasteiger partial charge in [0.2, 0.25) is 0 Å². The first-order valence-electron chi connectivity index (χ1n) is 6.15. The molecule has 1 aliphatic heterocycles. The van der Waals surface area contributed by atoms with Gasteiger partial charge in [-0.05, 0) is 32.4 Å². The van der Waals surface area contributed by atoms with E-state index in [4.69, 9.17) is 9.47 Å². The van der Waals surface area contributed by atoms with Gasteiger partial charge in [-0.25, -0.2) is 0 Å². The van der Waals surface area contributed by atoms with Gasteiger partial charge in [0.15, 0.2) is 0 Å². The highest BCUT2D eigenvalue weighted by molar-refractivity contribution is 5.43. The molecule has 0 saturated carbocycles. The predicted octanol–water partition coefficient (Wildman–Crippen LogP) is 3.07. The number of rotatable bonds is 3. The first-order valence-corrected chi connectivity index (χ1v) is 6.15. The molecule has 1 atom stereocenters. The van der Waals surface area contributed by atoms with Crippen molar-refractivity contribution in [2.24, 2.45) is 0 Å². The number of aliphatic hydroxyl groups excluding tert-OH is 1. The minimum absolute atomic E-state index is 0.324. The van der Waals surface area contributed by atoms with E-state index in [9.17, 15) is 5.11 Å². The molecule has 1 heterocycles. The molecular formula is C14H20O3. The summed E-state index contributed by atoms with van der Waals surface area (Å²) < 4.78 is 11.4. The van der Waals surface area contributed by atoms with Gasteiger partial charge < -0.3 is 14.6 Å². The van der Waals surface area contributed by atoms with Crippen LogP contribution in [0.2, 0.25) is 0 Å². The SMILES string of the molecule is CCCOc1ccc2c(c1)OC(C)(C)CC2O. The lowest BCUT2D eigenvalue weighted by Gasteiger charge is -2.35. The van der Waals surface area contributed by atoms with Gasteiger partial charge in [0.05, 0.1) is 12.7 Å². The Balaban J connectivity index is 2.25. The Morgan fingerprint density at radius 2 is 2.24 bits per heavy atom. The second-order valence-electron chi connectivity index (χ2n) is 5.13. The Morgan fingerprint density at radius 1 is 1.47 bits per heavy atom. The number of benzene rings is 1. The van der Waals surface area contributed by atoms with E-state index < -0.39 is 6.10 Å². The number of ether oxygens (including phenoxy) is 2. The van der Waals surface area contributed by atoms with E-state index in [-0.39, 0.29) is 5.60 Å². The Labute approximate surface area is 102 Å². The predicted molar refractivity (Wildman–Crippen MR) is 66.5 cm³/mol. The lowest BCUT2D eigenvalue weighted by Crippen LogP contribution is -2.34. The summed E-state index contributed by atoms with van der Waals surface area (Å²) in [5, 5.41) is 10.0. The summed E-state index contributed by atoms with van der Waals surface area (Å²) in [6, 6.07) is 5.65. The van der Waals surface area contributed by atoms with Gasteiger partial charge in [0.1, 0.15) is 17.1 Å². The molecule has 0 aliphatic carbocycles. The van der Waals surface area contributed by atoms with Crippen LogP contribution in [0.3, 0.4) is 0 Å². The van der Waals surface area contributed by atoms with Gasteiger partial charge in [0, 0.05) is 18.1 Å². The van der Waals surface area contributed by atoms with Gasteiger partial charge in [-0.1, -0.05) is 6.92 Å². The Morgan fingerprint density at radius 3 is 2.94 bits per heavy atom.